The molecule has 0 spiro atoms. The number of tetrazole rings is 1. The minimum absolute atomic E-state index is 0.218. The van der Waals surface area contributed by atoms with E-state index in [0.717, 1.165) is 39.2 Å². The van der Waals surface area contributed by atoms with Crippen LogP contribution in [0.25, 0.3) is 39.1 Å². The second-order valence-electron chi connectivity index (χ2n) is 10.2. The molecule has 1 saturated carbocycles. The molecule has 2 aromatic heterocycles. The Kier molecular flexibility index (Phi) is 5.47. The maximum absolute atomic E-state index is 6.83. The van der Waals surface area contributed by atoms with Gasteiger partial charge in [0.1, 0.15) is 5.75 Å². The lowest BCUT2D eigenvalue weighted by Crippen LogP contribution is -2.25. The van der Waals surface area contributed by atoms with Crippen molar-refractivity contribution < 1.29 is 4.74 Å². The van der Waals surface area contributed by atoms with Crippen LogP contribution >= 0.6 is 11.6 Å². The molecule has 1 N–H and O–H groups in total. The minimum Gasteiger partial charge on any atom is -0.492 e. The first-order valence-corrected chi connectivity index (χ1v) is 13.3. The number of halogens is 1. The number of ether oxygens (including phenoxy) is 1. The van der Waals surface area contributed by atoms with Crippen LogP contribution < -0.4 is 4.74 Å². The van der Waals surface area contributed by atoms with Gasteiger partial charge in [-0.2, -0.15) is 5.10 Å². The van der Waals surface area contributed by atoms with Crippen molar-refractivity contribution in [1.29, 1.82) is 0 Å². The number of rotatable bonds is 2. The lowest BCUT2D eigenvalue weighted by atomic mass is 9.78. The Morgan fingerprint density at radius 3 is 2.70 bits per heavy atom. The van der Waals surface area contributed by atoms with Gasteiger partial charge in [0.05, 0.1) is 23.5 Å². The summed E-state index contributed by atoms with van der Waals surface area (Å²) in [6.07, 6.45) is 6.27. The summed E-state index contributed by atoms with van der Waals surface area (Å²) in [5.74, 6) is 2.22. The molecule has 5 aromatic rings. The Morgan fingerprint density at radius 2 is 1.86 bits per heavy atom. The van der Waals surface area contributed by atoms with E-state index < -0.39 is 0 Å². The summed E-state index contributed by atoms with van der Waals surface area (Å²) in [7, 11) is 0. The lowest BCUT2D eigenvalue weighted by Gasteiger charge is -2.32. The second kappa shape index (κ2) is 8.99. The molecular weight excluding hydrogens is 484 g/mol. The maximum Gasteiger partial charge on any atom is 0.179 e. The van der Waals surface area contributed by atoms with Crippen molar-refractivity contribution in [2.24, 2.45) is 5.92 Å². The third-order valence-corrected chi connectivity index (χ3v) is 8.30. The highest BCUT2D eigenvalue weighted by Crippen LogP contribution is 2.45. The van der Waals surface area contributed by atoms with Crippen molar-refractivity contribution in [3.8, 4) is 34.0 Å². The summed E-state index contributed by atoms with van der Waals surface area (Å²) in [5.41, 5.74) is 6.98. The fraction of sp³-hybridized carbons (Fsp3) is 0.310. The molecule has 8 heteroatoms. The maximum atomic E-state index is 6.83. The number of aromatic nitrogens is 6. The molecule has 0 amide bonds. The third-order valence-electron chi connectivity index (χ3n) is 7.97. The number of benzene rings is 3. The van der Waals surface area contributed by atoms with E-state index in [1.807, 2.05) is 6.07 Å². The molecule has 7 rings (SSSR count). The number of nitrogens with one attached hydrogen (secondary N) is 1. The van der Waals surface area contributed by atoms with Gasteiger partial charge in [-0.25, -0.2) is 9.78 Å². The molecule has 1 fully saturated rings. The summed E-state index contributed by atoms with van der Waals surface area (Å²) in [5, 5.41) is 21.5. The summed E-state index contributed by atoms with van der Waals surface area (Å²) in [6.45, 7) is 2.66. The van der Waals surface area contributed by atoms with Crippen molar-refractivity contribution in [3.63, 3.8) is 0 Å². The van der Waals surface area contributed by atoms with Crippen molar-refractivity contribution in [2.45, 2.75) is 44.9 Å². The van der Waals surface area contributed by atoms with Crippen LogP contribution in [0.1, 0.15) is 49.3 Å². The van der Waals surface area contributed by atoms with E-state index in [-0.39, 0.29) is 5.92 Å². The van der Waals surface area contributed by atoms with E-state index in [0.29, 0.717) is 23.4 Å². The zero-order valence-electron chi connectivity index (χ0n) is 20.6. The number of fused-ring (bicyclic) bond motifs is 8. The largest absolute Gasteiger partial charge is 0.492 e. The van der Waals surface area contributed by atoms with Gasteiger partial charge in [-0.15, -0.1) is 5.10 Å². The van der Waals surface area contributed by atoms with E-state index in [2.05, 4.69) is 80.8 Å². The molecule has 37 heavy (non-hydrogen) atoms. The Hall–Kier alpha value is -3.71. The molecule has 2 bridgehead atoms. The molecular formula is C29H27ClN6O. The summed E-state index contributed by atoms with van der Waals surface area (Å²) < 4.78 is 8.93. The molecule has 1 atom stereocenters. The van der Waals surface area contributed by atoms with Crippen molar-refractivity contribution >= 4 is 22.5 Å². The standard InChI is InChI=1S/C29H27ClN6O/c1-17-13-19(29-31-34-35-32-29)14-23-22-15-20(11-12-25(22)30)36-27(21-9-5-6-10-26(21)33-36)24(16-37-28(17)23)18-7-3-2-4-8-18/h5-6,9-15,18,24H,2-4,7-8,16H2,1H3,(H,31,32,34,35). The van der Waals surface area contributed by atoms with Crippen LogP contribution in [-0.2, 0) is 0 Å². The van der Waals surface area contributed by atoms with E-state index in [4.69, 9.17) is 21.4 Å². The summed E-state index contributed by atoms with van der Waals surface area (Å²) in [4.78, 5) is 0. The first kappa shape index (κ1) is 22.5. The van der Waals surface area contributed by atoms with Crippen LogP contribution in [0.2, 0.25) is 5.02 Å². The van der Waals surface area contributed by atoms with Gasteiger partial charge in [0.2, 0.25) is 0 Å². The minimum atomic E-state index is 0.218. The fourth-order valence-electron chi connectivity index (χ4n) is 6.19. The van der Waals surface area contributed by atoms with Crippen molar-refractivity contribution in [2.75, 3.05) is 6.61 Å². The summed E-state index contributed by atoms with van der Waals surface area (Å²) in [6, 6.07) is 18.7. The van der Waals surface area contributed by atoms with E-state index in [1.165, 1.54) is 43.2 Å². The predicted molar refractivity (Wildman–Crippen MR) is 144 cm³/mol. The average molecular weight is 511 g/mol. The van der Waals surface area contributed by atoms with Crippen molar-refractivity contribution in [1.82, 2.24) is 30.4 Å². The van der Waals surface area contributed by atoms with Crippen LogP contribution in [0, 0.1) is 12.8 Å². The van der Waals surface area contributed by atoms with Gasteiger partial charge in [-0.1, -0.05) is 49.1 Å². The Labute approximate surface area is 219 Å². The molecule has 1 aliphatic heterocycles. The molecule has 7 nitrogen and oxygen atoms in total. The zero-order chi connectivity index (χ0) is 24.9. The molecule has 3 aromatic carbocycles. The molecule has 0 saturated heterocycles. The van der Waals surface area contributed by atoms with Gasteiger partial charge in [-0.05, 0) is 78.1 Å². The van der Waals surface area contributed by atoms with Crippen LogP contribution in [0.5, 0.6) is 5.75 Å². The lowest BCUT2D eigenvalue weighted by molar-refractivity contribution is 0.208. The van der Waals surface area contributed by atoms with Gasteiger partial charge in [0.25, 0.3) is 0 Å². The Balaban J connectivity index is 1.49. The molecule has 0 radical (unpaired) electrons. The smallest absolute Gasteiger partial charge is 0.179 e. The molecule has 3 heterocycles. The normalized spacial score (nSPS) is 17.7. The highest BCUT2D eigenvalue weighted by atomic mass is 35.5. The molecule has 1 unspecified atom stereocenters. The van der Waals surface area contributed by atoms with Crippen LogP contribution in [0.15, 0.2) is 54.6 Å². The second-order valence-corrected chi connectivity index (χ2v) is 10.6. The van der Waals surface area contributed by atoms with Gasteiger partial charge >= 0.3 is 0 Å². The molecule has 1 aliphatic carbocycles. The quantitative estimate of drug-likeness (QED) is 0.279. The number of hydrogen-bond donors (Lipinski definition) is 1. The van der Waals surface area contributed by atoms with E-state index in [9.17, 15) is 0 Å². The molecule has 2 aliphatic rings. The van der Waals surface area contributed by atoms with Crippen LogP contribution in [0.4, 0.5) is 0 Å². The van der Waals surface area contributed by atoms with Gasteiger partial charge in [0.15, 0.2) is 5.82 Å². The topological polar surface area (TPSA) is 81.5 Å². The molecule has 186 valence electrons. The number of nitrogens with zero attached hydrogens (tertiary/aromatic N) is 5. The number of hydrogen-bond acceptors (Lipinski definition) is 5. The van der Waals surface area contributed by atoms with Gasteiger partial charge in [-0.3, -0.25) is 0 Å². The van der Waals surface area contributed by atoms with E-state index in [1.54, 1.807) is 0 Å². The van der Waals surface area contributed by atoms with E-state index >= 15 is 0 Å². The number of aryl methyl sites for hydroxylation is 1. The fourth-order valence-corrected chi connectivity index (χ4v) is 6.41. The summed E-state index contributed by atoms with van der Waals surface area (Å²) >= 11 is 6.83. The van der Waals surface area contributed by atoms with Gasteiger partial charge < -0.3 is 4.74 Å². The average Bonchev–Trinajstić information content (AvgIpc) is 3.59. The highest BCUT2D eigenvalue weighted by Gasteiger charge is 2.32. The first-order chi connectivity index (χ1) is 18.2. The number of H-pyrrole nitrogens is 1. The van der Waals surface area contributed by atoms with Crippen LogP contribution in [-0.4, -0.2) is 37.0 Å². The van der Waals surface area contributed by atoms with Gasteiger partial charge in [0, 0.05) is 33.0 Å². The van der Waals surface area contributed by atoms with Crippen LogP contribution in [0.3, 0.4) is 0 Å². The SMILES string of the molecule is Cc1cc(-c2nnn[nH]2)cc2c1OCC(C1CCCCC1)c1c3ccccc3nn1-c1ccc(Cl)c-2c1. The Bertz CT molecular complexity index is 1600. The predicted octanol–water partition coefficient (Wildman–Crippen LogP) is 6.89. The Morgan fingerprint density at radius 1 is 1.00 bits per heavy atom. The monoisotopic (exact) mass is 510 g/mol. The third kappa shape index (κ3) is 3.80. The highest BCUT2D eigenvalue weighted by molar-refractivity contribution is 6.33. The number of aromatic amines is 1. The first-order valence-electron chi connectivity index (χ1n) is 13.0. The van der Waals surface area contributed by atoms with Crippen molar-refractivity contribution in [3.05, 3.63) is 70.9 Å². The zero-order valence-corrected chi connectivity index (χ0v) is 21.4.